The molecule has 1 rings (SSSR count). The molecule has 1 heterocycles. The fourth-order valence-electron chi connectivity index (χ4n) is 2.56. The summed E-state index contributed by atoms with van der Waals surface area (Å²) in [6.07, 6.45) is 16.6. The Morgan fingerprint density at radius 2 is 1.88 bits per heavy atom. The van der Waals surface area contributed by atoms with Crippen molar-refractivity contribution in [2.45, 2.75) is 58.5 Å². The van der Waals surface area contributed by atoms with E-state index < -0.39 is 5.97 Å². The van der Waals surface area contributed by atoms with Gasteiger partial charge in [-0.3, -0.25) is 0 Å². The molecule has 0 fully saturated rings. The van der Waals surface area contributed by atoms with E-state index in [1.165, 1.54) is 31.9 Å². The first-order valence-electron chi connectivity index (χ1n) is 9.03. The maximum atomic E-state index is 12.2. The molecule has 1 aliphatic rings. The number of hydrogen-bond acceptors (Lipinski definition) is 4. The van der Waals surface area contributed by atoms with E-state index in [1.54, 1.807) is 13.2 Å². The van der Waals surface area contributed by atoms with Crippen LogP contribution in [0.4, 0.5) is 0 Å². The molecule has 25 heavy (non-hydrogen) atoms. The molecule has 0 aromatic carbocycles. The first-order valence-corrected chi connectivity index (χ1v) is 9.03. The first-order chi connectivity index (χ1) is 12.1. The Labute approximate surface area is 152 Å². The van der Waals surface area contributed by atoms with Crippen LogP contribution in [0, 0.1) is 0 Å². The zero-order chi connectivity index (χ0) is 18.5. The van der Waals surface area contributed by atoms with Crippen molar-refractivity contribution in [1.29, 1.82) is 0 Å². The van der Waals surface area contributed by atoms with Crippen molar-refractivity contribution < 1.29 is 19.0 Å². The molecule has 0 spiro atoms. The second kappa shape index (κ2) is 12.5. The van der Waals surface area contributed by atoms with Gasteiger partial charge in [-0.25, -0.2) is 4.79 Å². The summed E-state index contributed by atoms with van der Waals surface area (Å²) in [5.41, 5.74) is 2.36. The Balaban J connectivity index is 2.85. The summed E-state index contributed by atoms with van der Waals surface area (Å²) in [6.45, 7) is 4.27. The van der Waals surface area contributed by atoms with Gasteiger partial charge in [-0.05, 0) is 45.6 Å². The lowest BCUT2D eigenvalue weighted by Crippen LogP contribution is -2.20. The molecule has 0 amide bonds. The predicted octanol–water partition coefficient (Wildman–Crippen LogP) is 4.88. The van der Waals surface area contributed by atoms with Gasteiger partial charge in [0.2, 0.25) is 5.76 Å². The van der Waals surface area contributed by atoms with E-state index in [2.05, 4.69) is 19.1 Å². The van der Waals surface area contributed by atoms with Crippen molar-refractivity contribution in [3.8, 4) is 0 Å². The van der Waals surface area contributed by atoms with Crippen molar-refractivity contribution >= 4 is 5.97 Å². The number of hydrogen-bond donors (Lipinski definition) is 0. The molecule has 0 radical (unpaired) electrons. The largest absolute Gasteiger partial charge is 0.490 e. The third-order valence-electron chi connectivity index (χ3n) is 4.16. The van der Waals surface area contributed by atoms with E-state index in [0.29, 0.717) is 0 Å². The lowest BCUT2D eigenvalue weighted by atomic mass is 10.1. The van der Waals surface area contributed by atoms with Gasteiger partial charge in [0, 0.05) is 7.11 Å². The summed E-state index contributed by atoms with van der Waals surface area (Å²) in [5, 5.41) is 0. The van der Waals surface area contributed by atoms with Gasteiger partial charge in [-0.1, -0.05) is 48.3 Å². The van der Waals surface area contributed by atoms with E-state index in [9.17, 15) is 4.79 Å². The third kappa shape index (κ3) is 9.30. The van der Waals surface area contributed by atoms with Crippen LogP contribution < -0.4 is 0 Å². The molecule has 0 aliphatic carbocycles. The van der Waals surface area contributed by atoms with Crippen molar-refractivity contribution in [2.75, 3.05) is 20.8 Å². The summed E-state index contributed by atoms with van der Waals surface area (Å²) < 4.78 is 15.8. The zero-order valence-corrected chi connectivity index (χ0v) is 16.0. The maximum absolute atomic E-state index is 12.2. The van der Waals surface area contributed by atoms with E-state index in [0.717, 1.165) is 24.8 Å². The third-order valence-corrected chi connectivity index (χ3v) is 4.16. The number of cyclic esters (lactones) is 1. The molecule has 1 unspecified atom stereocenters. The molecule has 0 saturated carbocycles. The van der Waals surface area contributed by atoms with Crippen molar-refractivity contribution in [3.05, 3.63) is 47.3 Å². The number of carbonyl (C=O) groups excluding carboxylic acids is 1. The molecule has 4 nitrogen and oxygen atoms in total. The highest BCUT2D eigenvalue weighted by molar-refractivity contribution is 5.86. The SMILES string of the molecule is CO/C1=C\C(C)=C\CCCCCC/C(C)=C/C=C/C(OC)COC1=O. The minimum absolute atomic E-state index is 0.155. The molecule has 0 bridgehead atoms. The molecule has 140 valence electrons. The van der Waals surface area contributed by atoms with Crippen LogP contribution in [0.3, 0.4) is 0 Å². The Bertz CT molecular complexity index is 526. The molecule has 0 N–H and O–H groups in total. The van der Waals surface area contributed by atoms with Crippen LogP contribution in [0.25, 0.3) is 0 Å². The summed E-state index contributed by atoms with van der Waals surface area (Å²) in [7, 11) is 3.08. The minimum atomic E-state index is -0.474. The van der Waals surface area contributed by atoms with E-state index >= 15 is 0 Å². The molecular formula is C21H32O4. The Hall–Kier alpha value is -1.81. The molecule has 1 atom stereocenters. The van der Waals surface area contributed by atoms with Crippen molar-refractivity contribution in [3.63, 3.8) is 0 Å². The lowest BCUT2D eigenvalue weighted by molar-refractivity contribution is -0.145. The number of ether oxygens (including phenoxy) is 3. The lowest BCUT2D eigenvalue weighted by Gasteiger charge is -2.12. The minimum Gasteiger partial charge on any atom is -0.490 e. The van der Waals surface area contributed by atoms with E-state index in [1.807, 2.05) is 19.1 Å². The monoisotopic (exact) mass is 348 g/mol. The van der Waals surface area contributed by atoms with Gasteiger partial charge in [-0.15, -0.1) is 0 Å². The average Bonchev–Trinajstić information content (AvgIpc) is 2.60. The van der Waals surface area contributed by atoms with E-state index in [-0.39, 0.29) is 18.5 Å². The summed E-state index contributed by atoms with van der Waals surface area (Å²) in [4.78, 5) is 12.2. The molecule has 4 heteroatoms. The van der Waals surface area contributed by atoms with Crippen LogP contribution in [0.15, 0.2) is 47.3 Å². The van der Waals surface area contributed by atoms with Gasteiger partial charge in [0.15, 0.2) is 0 Å². The van der Waals surface area contributed by atoms with Gasteiger partial charge in [0.1, 0.15) is 12.7 Å². The zero-order valence-electron chi connectivity index (χ0n) is 16.0. The highest BCUT2D eigenvalue weighted by atomic mass is 16.6. The van der Waals surface area contributed by atoms with Crippen LogP contribution in [0.2, 0.25) is 0 Å². The van der Waals surface area contributed by atoms with Crippen LogP contribution in [0.5, 0.6) is 0 Å². The van der Waals surface area contributed by atoms with Crippen LogP contribution in [0.1, 0.15) is 52.4 Å². The van der Waals surface area contributed by atoms with Gasteiger partial charge in [-0.2, -0.15) is 0 Å². The number of carbonyl (C=O) groups is 1. The summed E-state index contributed by atoms with van der Waals surface area (Å²) >= 11 is 0. The number of allylic oxidation sites excluding steroid dienone is 6. The highest BCUT2D eigenvalue weighted by Crippen LogP contribution is 2.13. The van der Waals surface area contributed by atoms with Crippen molar-refractivity contribution in [1.82, 2.24) is 0 Å². The smallest absolute Gasteiger partial charge is 0.373 e. The summed E-state index contributed by atoms with van der Waals surface area (Å²) in [6, 6.07) is 0. The normalized spacial score (nSPS) is 29.5. The van der Waals surface area contributed by atoms with Crippen LogP contribution in [-0.2, 0) is 19.0 Å². The average molecular weight is 348 g/mol. The number of esters is 1. The molecule has 0 saturated heterocycles. The number of rotatable bonds is 2. The molecule has 0 aromatic heterocycles. The molecule has 0 aromatic rings. The second-order valence-electron chi connectivity index (χ2n) is 6.38. The maximum Gasteiger partial charge on any atom is 0.373 e. The fourth-order valence-corrected chi connectivity index (χ4v) is 2.56. The predicted molar refractivity (Wildman–Crippen MR) is 101 cm³/mol. The first kappa shape index (κ1) is 21.2. The number of methoxy groups -OCH3 is 2. The topological polar surface area (TPSA) is 44.8 Å². The molecular weight excluding hydrogens is 316 g/mol. The Kier molecular flexibility index (Phi) is 10.6. The highest BCUT2D eigenvalue weighted by Gasteiger charge is 2.14. The van der Waals surface area contributed by atoms with Crippen LogP contribution >= 0.6 is 0 Å². The Morgan fingerprint density at radius 3 is 2.60 bits per heavy atom. The summed E-state index contributed by atoms with van der Waals surface area (Å²) in [5.74, 6) is -0.261. The van der Waals surface area contributed by atoms with Gasteiger partial charge in [0.05, 0.1) is 7.11 Å². The standard InChI is InChI=1S/C21H32O4/c1-17-11-8-6-5-7-9-12-18(2)15-20(24-4)21(22)25-16-19(23-3)14-10-13-17/h10,12-15,19H,5-9,11,16H2,1-4H3/b14-10+,17-13+,18-12+,20-15-. The van der Waals surface area contributed by atoms with E-state index in [4.69, 9.17) is 14.2 Å². The van der Waals surface area contributed by atoms with Gasteiger partial charge >= 0.3 is 5.97 Å². The second-order valence-corrected chi connectivity index (χ2v) is 6.38. The van der Waals surface area contributed by atoms with Crippen molar-refractivity contribution in [2.24, 2.45) is 0 Å². The quantitative estimate of drug-likeness (QED) is 0.667. The fraction of sp³-hybridized carbons (Fsp3) is 0.571. The van der Waals surface area contributed by atoms with Gasteiger partial charge < -0.3 is 14.2 Å². The van der Waals surface area contributed by atoms with Crippen LogP contribution in [-0.4, -0.2) is 32.9 Å². The van der Waals surface area contributed by atoms with Gasteiger partial charge in [0.25, 0.3) is 0 Å². The molecule has 1 aliphatic heterocycles. The Morgan fingerprint density at radius 1 is 1.12 bits per heavy atom.